The van der Waals surface area contributed by atoms with Crippen molar-refractivity contribution < 1.29 is 39.3 Å². The normalized spacial score (nSPS) is 10.0. The summed E-state index contributed by atoms with van der Waals surface area (Å²) in [5.41, 5.74) is 1.56. The molecule has 0 spiro atoms. The van der Waals surface area contributed by atoms with E-state index < -0.39 is 11.9 Å². The summed E-state index contributed by atoms with van der Waals surface area (Å²) in [4.78, 5) is 20.0. The van der Waals surface area contributed by atoms with Crippen molar-refractivity contribution in [3.05, 3.63) is 81.9 Å². The van der Waals surface area contributed by atoms with E-state index in [1.54, 1.807) is 48.5 Å². The van der Waals surface area contributed by atoms with Crippen LogP contribution in [0.1, 0.15) is 11.1 Å². The Morgan fingerprint density at radius 2 is 0.960 bits per heavy atom. The van der Waals surface area contributed by atoms with Crippen LogP contribution in [0, 0.1) is 0 Å². The third-order valence-electron chi connectivity index (χ3n) is 2.56. The van der Waals surface area contributed by atoms with Crippen molar-refractivity contribution in [2.75, 3.05) is 0 Å². The second kappa shape index (κ2) is 12.4. The fourth-order valence-corrected chi connectivity index (χ4v) is 1.73. The standard InChI is InChI=1S/2C9H7ClO2.Zn/c2*10-8-4-1-7(2-5-8)3-6-9(11)12;/h2*1-6H,(H,11,12);/q;;+2/p-2. The molecule has 0 amide bonds. The molecule has 0 saturated heterocycles. The smallest absolute Gasteiger partial charge is 0.545 e. The summed E-state index contributed by atoms with van der Waals surface area (Å²) < 4.78 is 0. The van der Waals surface area contributed by atoms with Crippen LogP contribution in [0.3, 0.4) is 0 Å². The topological polar surface area (TPSA) is 80.3 Å². The molecule has 25 heavy (non-hydrogen) atoms. The van der Waals surface area contributed by atoms with Crippen molar-refractivity contribution in [2.24, 2.45) is 0 Å². The maximum Gasteiger partial charge on any atom is 2.00 e. The average Bonchev–Trinajstić information content (AvgIpc) is 2.54. The molecule has 0 fully saturated rings. The van der Waals surface area contributed by atoms with Crippen molar-refractivity contribution in [1.82, 2.24) is 0 Å². The van der Waals surface area contributed by atoms with Crippen molar-refractivity contribution in [1.29, 1.82) is 0 Å². The fourth-order valence-electron chi connectivity index (χ4n) is 1.48. The van der Waals surface area contributed by atoms with E-state index in [0.29, 0.717) is 10.0 Å². The van der Waals surface area contributed by atoms with E-state index in [2.05, 4.69) is 0 Å². The van der Waals surface area contributed by atoms with Gasteiger partial charge < -0.3 is 19.8 Å². The SMILES string of the molecule is O=C([O-])C=Cc1ccc(Cl)cc1.O=C([O-])C=Cc1ccc(Cl)cc1.[Zn+2]. The summed E-state index contributed by atoms with van der Waals surface area (Å²) in [6, 6.07) is 13.7. The summed E-state index contributed by atoms with van der Waals surface area (Å²) in [6.45, 7) is 0. The predicted molar refractivity (Wildman–Crippen MR) is 91.0 cm³/mol. The molecule has 0 aliphatic rings. The predicted octanol–water partition coefficient (Wildman–Crippen LogP) is 2.20. The number of carbonyl (C=O) groups is 2. The number of rotatable bonds is 4. The minimum Gasteiger partial charge on any atom is -0.545 e. The molecule has 7 heteroatoms. The molecular formula is C18H12Cl2O4Zn. The Labute approximate surface area is 168 Å². The Kier molecular flexibility index (Phi) is 11.5. The van der Waals surface area contributed by atoms with Crippen LogP contribution in [-0.2, 0) is 29.1 Å². The van der Waals surface area contributed by atoms with Gasteiger partial charge in [0, 0.05) is 10.0 Å². The maximum atomic E-state index is 10.0. The number of hydrogen-bond donors (Lipinski definition) is 0. The molecule has 0 unspecified atom stereocenters. The average molecular weight is 429 g/mol. The number of carboxylic acid groups (broad SMARTS) is 2. The molecule has 0 atom stereocenters. The number of halogens is 2. The molecule has 4 nitrogen and oxygen atoms in total. The number of carbonyl (C=O) groups excluding carboxylic acids is 2. The van der Waals surface area contributed by atoms with Crippen LogP contribution < -0.4 is 10.2 Å². The van der Waals surface area contributed by atoms with Crippen LogP contribution in [0.5, 0.6) is 0 Å². The van der Waals surface area contributed by atoms with Gasteiger partial charge in [0.15, 0.2) is 0 Å². The van der Waals surface area contributed by atoms with Crippen LogP contribution >= 0.6 is 23.2 Å². The summed E-state index contributed by atoms with van der Waals surface area (Å²) in [7, 11) is 0. The van der Waals surface area contributed by atoms with Crippen LogP contribution in [0.15, 0.2) is 60.7 Å². The number of hydrogen-bond acceptors (Lipinski definition) is 4. The quantitative estimate of drug-likeness (QED) is 0.552. The molecule has 2 aromatic rings. The largest absolute Gasteiger partial charge is 2.00 e. The van der Waals surface area contributed by atoms with Gasteiger partial charge in [-0.1, -0.05) is 59.6 Å². The van der Waals surface area contributed by atoms with Gasteiger partial charge >= 0.3 is 19.5 Å². The van der Waals surface area contributed by atoms with Gasteiger partial charge in [-0.15, -0.1) is 0 Å². The zero-order valence-corrected chi connectivity index (χ0v) is 17.5. The minimum atomic E-state index is -1.20. The van der Waals surface area contributed by atoms with Gasteiger partial charge in [-0.05, 0) is 47.5 Å². The van der Waals surface area contributed by atoms with E-state index in [1.165, 1.54) is 12.2 Å². The van der Waals surface area contributed by atoms with Crippen LogP contribution in [0.4, 0.5) is 0 Å². The van der Waals surface area contributed by atoms with Crippen LogP contribution in [0.2, 0.25) is 10.0 Å². The van der Waals surface area contributed by atoms with Crippen molar-refractivity contribution in [3.63, 3.8) is 0 Å². The van der Waals surface area contributed by atoms with E-state index >= 15 is 0 Å². The van der Waals surface area contributed by atoms with Gasteiger partial charge in [0.2, 0.25) is 0 Å². The Balaban J connectivity index is 0.000000443. The molecule has 0 heterocycles. The molecule has 0 N–H and O–H groups in total. The van der Waals surface area contributed by atoms with Gasteiger partial charge in [-0.25, -0.2) is 0 Å². The first-order valence-corrected chi connectivity index (χ1v) is 7.41. The molecule has 0 aliphatic heterocycles. The molecule has 124 valence electrons. The van der Waals surface area contributed by atoms with Crippen LogP contribution in [0.25, 0.3) is 12.2 Å². The third kappa shape index (κ3) is 11.3. The molecule has 0 bridgehead atoms. The first-order valence-electron chi connectivity index (χ1n) is 6.66. The summed E-state index contributed by atoms with van der Waals surface area (Å²) in [6.07, 6.45) is 4.85. The van der Waals surface area contributed by atoms with Gasteiger partial charge in [0.1, 0.15) is 0 Å². The van der Waals surface area contributed by atoms with Gasteiger partial charge in [-0.2, -0.15) is 0 Å². The van der Waals surface area contributed by atoms with E-state index in [4.69, 9.17) is 23.2 Å². The zero-order valence-electron chi connectivity index (χ0n) is 13.0. The molecule has 0 aliphatic carbocycles. The second-order valence-corrected chi connectivity index (χ2v) is 5.28. The zero-order chi connectivity index (χ0) is 17.9. The molecular weight excluding hydrogens is 416 g/mol. The Hall–Kier alpha value is -1.94. The Morgan fingerprint density at radius 3 is 1.20 bits per heavy atom. The van der Waals surface area contributed by atoms with Gasteiger partial charge in [0.05, 0.1) is 11.9 Å². The van der Waals surface area contributed by atoms with Gasteiger partial charge in [-0.3, -0.25) is 0 Å². The van der Waals surface area contributed by atoms with Crippen molar-refractivity contribution >= 4 is 47.3 Å². The number of benzene rings is 2. The second-order valence-electron chi connectivity index (χ2n) is 4.41. The van der Waals surface area contributed by atoms with Gasteiger partial charge in [0.25, 0.3) is 0 Å². The first-order chi connectivity index (χ1) is 11.4. The monoisotopic (exact) mass is 426 g/mol. The third-order valence-corrected chi connectivity index (χ3v) is 3.07. The maximum absolute atomic E-state index is 10.0. The molecule has 2 aromatic carbocycles. The summed E-state index contributed by atoms with van der Waals surface area (Å²) in [5.74, 6) is -2.41. The van der Waals surface area contributed by atoms with Crippen molar-refractivity contribution in [3.8, 4) is 0 Å². The van der Waals surface area contributed by atoms with E-state index in [0.717, 1.165) is 23.3 Å². The molecule has 0 radical (unpaired) electrons. The Bertz CT molecular complexity index is 673. The summed E-state index contributed by atoms with van der Waals surface area (Å²) >= 11 is 11.2. The van der Waals surface area contributed by atoms with E-state index in [9.17, 15) is 19.8 Å². The van der Waals surface area contributed by atoms with E-state index in [-0.39, 0.29) is 19.5 Å². The molecule has 0 saturated carbocycles. The molecule has 0 aromatic heterocycles. The number of carboxylic acids is 2. The minimum absolute atomic E-state index is 0. The number of aliphatic carboxylic acids is 2. The Morgan fingerprint density at radius 1 is 0.680 bits per heavy atom. The first kappa shape index (κ1) is 23.1. The van der Waals surface area contributed by atoms with E-state index in [1.807, 2.05) is 0 Å². The molecule has 2 rings (SSSR count). The van der Waals surface area contributed by atoms with Crippen LogP contribution in [-0.4, -0.2) is 11.9 Å². The fraction of sp³-hybridized carbons (Fsp3) is 0. The van der Waals surface area contributed by atoms with Crippen molar-refractivity contribution in [2.45, 2.75) is 0 Å². The summed E-state index contributed by atoms with van der Waals surface area (Å²) in [5, 5.41) is 21.3.